The number of hydrogen-bond acceptors (Lipinski definition) is 12. The lowest BCUT2D eigenvalue weighted by Crippen LogP contribution is -2.60. The zero-order valence-corrected chi connectivity index (χ0v) is 26.7. The monoisotopic (exact) mass is 675 g/mol. The molecule has 0 heterocycles. The molecule has 0 radical (unpaired) electrons. The Bertz CT molecular complexity index is 1110. The largest absolute Gasteiger partial charge is 0.480 e. The number of primary amides is 1. The molecular weight excluding hydrogens is 626 g/mol. The highest BCUT2D eigenvalue weighted by molar-refractivity contribution is 5.98. The summed E-state index contributed by atoms with van der Waals surface area (Å²) in [6, 6.07) is -8.55. The maximum absolute atomic E-state index is 13.0. The minimum absolute atomic E-state index is 0.0380. The molecule has 0 aromatic carbocycles. The van der Waals surface area contributed by atoms with Crippen LogP contribution in [0.5, 0.6) is 0 Å². The van der Waals surface area contributed by atoms with Gasteiger partial charge in [0.15, 0.2) is 0 Å². The van der Waals surface area contributed by atoms with Crippen LogP contribution >= 0.6 is 0 Å². The van der Waals surface area contributed by atoms with E-state index in [9.17, 15) is 48.6 Å². The molecule has 0 aliphatic rings. The third-order valence-corrected chi connectivity index (χ3v) is 6.48. The Morgan fingerprint density at radius 2 is 1.17 bits per heavy atom. The number of carbonyl (C=O) groups is 8. The highest BCUT2D eigenvalue weighted by Gasteiger charge is 2.32. The molecule has 47 heavy (non-hydrogen) atoms. The molecule has 0 rings (SSSR count). The average molecular weight is 676 g/mol. The van der Waals surface area contributed by atoms with Gasteiger partial charge in [0.05, 0.1) is 32.2 Å². The maximum atomic E-state index is 13.0. The number of carbonyl (C=O) groups excluding carboxylic acids is 7. The van der Waals surface area contributed by atoms with Crippen molar-refractivity contribution in [1.82, 2.24) is 31.9 Å². The van der Waals surface area contributed by atoms with Gasteiger partial charge in [-0.1, -0.05) is 13.8 Å². The van der Waals surface area contributed by atoms with Crippen LogP contribution in [-0.4, -0.2) is 125 Å². The first-order valence-electron chi connectivity index (χ1n) is 14.9. The molecule has 0 aliphatic carbocycles. The van der Waals surface area contributed by atoms with E-state index in [1.54, 1.807) is 0 Å². The van der Waals surface area contributed by atoms with Gasteiger partial charge in [-0.3, -0.25) is 38.4 Å². The van der Waals surface area contributed by atoms with E-state index in [1.807, 2.05) is 13.8 Å². The molecule has 6 atom stereocenters. The van der Waals surface area contributed by atoms with Gasteiger partial charge in [0.1, 0.15) is 30.2 Å². The van der Waals surface area contributed by atoms with Crippen LogP contribution < -0.4 is 49.1 Å². The number of unbranched alkanes of at least 4 members (excludes halogenated alkanes) is 1. The Morgan fingerprint density at radius 3 is 1.66 bits per heavy atom. The lowest BCUT2D eigenvalue weighted by molar-refractivity contribution is -0.142. The molecule has 0 fully saturated rings. The lowest BCUT2D eigenvalue weighted by atomic mass is 10.0. The minimum atomic E-state index is -1.75. The summed E-state index contributed by atoms with van der Waals surface area (Å²) in [6.45, 7) is 2.64. The van der Waals surface area contributed by atoms with Gasteiger partial charge in [-0.25, -0.2) is 0 Å². The van der Waals surface area contributed by atoms with Gasteiger partial charge in [-0.05, 0) is 45.1 Å². The first-order valence-corrected chi connectivity index (χ1v) is 14.9. The third kappa shape index (κ3) is 17.2. The standard InChI is InChI=1S/C27H49N9O11/c1-13(2)8-15(29)22(41)31-10-21(40)33-18(11-37)25(44)35-17(9-20(30)39)24(43)36-19(12-38)26(45)34-16(6-4-5-7-28)23(42)32-14(3)27(46)47/h13-19,37-38H,4-12,28-29H2,1-3H3,(H2,30,39)(H,31,41)(H,32,42)(H,33,40)(H,34,45)(H,35,44)(H,36,43)(H,46,47)/t14-,15-,16-,17-,18-,19-/m0/s1. The molecule has 0 unspecified atom stereocenters. The second-order valence-electron chi connectivity index (χ2n) is 11.1. The first kappa shape index (κ1) is 42.6. The normalized spacial score (nSPS) is 14.7. The molecule has 0 bridgehead atoms. The summed E-state index contributed by atoms with van der Waals surface area (Å²) >= 11 is 0. The van der Waals surface area contributed by atoms with Gasteiger partial charge in [-0.15, -0.1) is 0 Å². The number of carboxylic acid groups (broad SMARTS) is 1. The fourth-order valence-electron chi connectivity index (χ4n) is 3.91. The molecular formula is C27H49N9O11. The Kier molecular flexibility index (Phi) is 20.1. The second-order valence-corrected chi connectivity index (χ2v) is 11.1. The predicted octanol–water partition coefficient (Wildman–Crippen LogP) is -6.01. The van der Waals surface area contributed by atoms with E-state index in [-0.39, 0.29) is 18.9 Å². The molecule has 20 nitrogen and oxygen atoms in total. The highest BCUT2D eigenvalue weighted by Crippen LogP contribution is 2.04. The third-order valence-electron chi connectivity index (χ3n) is 6.48. The summed E-state index contributed by atoms with van der Waals surface area (Å²) in [4.78, 5) is 98.5. The topological polar surface area (TPSA) is 347 Å². The van der Waals surface area contributed by atoms with Crippen LogP contribution in [0.25, 0.3) is 0 Å². The van der Waals surface area contributed by atoms with E-state index in [4.69, 9.17) is 22.3 Å². The van der Waals surface area contributed by atoms with Crippen molar-refractivity contribution in [3.8, 4) is 0 Å². The van der Waals surface area contributed by atoms with Gasteiger partial charge in [-0.2, -0.15) is 0 Å². The van der Waals surface area contributed by atoms with Gasteiger partial charge < -0.3 is 64.4 Å². The van der Waals surface area contributed by atoms with Crippen molar-refractivity contribution in [2.75, 3.05) is 26.3 Å². The fraction of sp³-hybridized carbons (Fsp3) is 0.704. The lowest BCUT2D eigenvalue weighted by Gasteiger charge is -2.25. The minimum Gasteiger partial charge on any atom is -0.480 e. The predicted molar refractivity (Wildman–Crippen MR) is 164 cm³/mol. The Labute approximate surface area is 271 Å². The average Bonchev–Trinajstić information content (AvgIpc) is 2.99. The molecule has 7 amide bonds. The van der Waals surface area contributed by atoms with E-state index in [1.165, 1.54) is 6.92 Å². The number of nitrogens with two attached hydrogens (primary N) is 3. The fourth-order valence-corrected chi connectivity index (χ4v) is 3.91. The summed E-state index contributed by atoms with van der Waals surface area (Å²) in [5.41, 5.74) is 16.4. The number of aliphatic hydroxyl groups excluding tert-OH is 2. The van der Waals surface area contributed by atoms with Crippen LogP contribution in [0, 0.1) is 5.92 Å². The molecule has 20 heteroatoms. The molecule has 0 saturated carbocycles. The molecule has 0 spiro atoms. The number of carboxylic acids is 1. The van der Waals surface area contributed by atoms with Crippen molar-refractivity contribution in [1.29, 1.82) is 0 Å². The second kappa shape index (κ2) is 22.2. The van der Waals surface area contributed by atoms with Crippen molar-refractivity contribution >= 4 is 47.3 Å². The van der Waals surface area contributed by atoms with E-state index >= 15 is 0 Å². The van der Waals surface area contributed by atoms with E-state index in [0.717, 1.165) is 0 Å². The van der Waals surface area contributed by atoms with Crippen molar-refractivity contribution in [3.05, 3.63) is 0 Å². The van der Waals surface area contributed by atoms with Crippen molar-refractivity contribution in [3.63, 3.8) is 0 Å². The van der Waals surface area contributed by atoms with Crippen molar-refractivity contribution in [2.45, 2.75) is 89.1 Å². The summed E-state index contributed by atoms with van der Waals surface area (Å²) < 4.78 is 0. The Balaban J connectivity index is 5.54. The Hall–Kier alpha value is -4.40. The maximum Gasteiger partial charge on any atom is 0.325 e. The van der Waals surface area contributed by atoms with E-state index in [0.29, 0.717) is 19.3 Å². The molecule has 0 aromatic rings. The quantitative estimate of drug-likeness (QED) is 0.0449. The summed E-state index contributed by atoms with van der Waals surface area (Å²) in [5.74, 6) is -8.00. The van der Waals surface area contributed by atoms with Gasteiger partial charge in [0.25, 0.3) is 0 Å². The van der Waals surface area contributed by atoms with Crippen molar-refractivity contribution in [2.24, 2.45) is 23.1 Å². The number of nitrogens with one attached hydrogen (secondary N) is 6. The Morgan fingerprint density at radius 1 is 0.681 bits per heavy atom. The first-order chi connectivity index (χ1) is 22.0. The van der Waals surface area contributed by atoms with Gasteiger partial charge in [0.2, 0.25) is 41.4 Å². The number of hydrogen-bond donors (Lipinski definition) is 12. The van der Waals surface area contributed by atoms with Crippen LogP contribution in [0.3, 0.4) is 0 Å². The zero-order chi connectivity index (χ0) is 36.3. The SMILES string of the molecule is CC(C)C[C@H](N)C(=O)NCC(=O)N[C@@H](CO)C(=O)N[C@@H](CC(N)=O)C(=O)N[C@@H](CO)C(=O)N[C@@H](CCCCN)C(=O)N[C@@H](C)C(=O)O. The number of aliphatic carboxylic acids is 1. The number of rotatable bonds is 23. The van der Waals surface area contributed by atoms with E-state index < -0.39 is 110 Å². The molecule has 268 valence electrons. The highest BCUT2D eigenvalue weighted by atomic mass is 16.4. The van der Waals surface area contributed by atoms with Gasteiger partial charge in [0, 0.05) is 0 Å². The van der Waals surface area contributed by atoms with Crippen LogP contribution in [0.2, 0.25) is 0 Å². The molecule has 15 N–H and O–H groups in total. The van der Waals surface area contributed by atoms with E-state index in [2.05, 4.69) is 31.9 Å². The zero-order valence-electron chi connectivity index (χ0n) is 26.7. The van der Waals surface area contributed by atoms with Crippen LogP contribution in [0.15, 0.2) is 0 Å². The van der Waals surface area contributed by atoms with Crippen LogP contribution in [0.4, 0.5) is 0 Å². The summed E-state index contributed by atoms with van der Waals surface area (Å²) in [6.07, 6.45) is 0.424. The van der Waals surface area contributed by atoms with Gasteiger partial charge >= 0.3 is 5.97 Å². The summed E-state index contributed by atoms with van der Waals surface area (Å²) in [5, 5.41) is 41.8. The van der Waals surface area contributed by atoms with Crippen LogP contribution in [-0.2, 0) is 38.4 Å². The molecule has 0 aromatic heterocycles. The summed E-state index contributed by atoms with van der Waals surface area (Å²) in [7, 11) is 0. The molecule has 0 aliphatic heterocycles. The van der Waals surface area contributed by atoms with Crippen molar-refractivity contribution < 1.29 is 53.7 Å². The number of amides is 7. The van der Waals surface area contributed by atoms with Crippen LogP contribution in [0.1, 0.15) is 52.9 Å². The molecule has 0 saturated heterocycles. The number of aliphatic hydroxyl groups is 2. The smallest absolute Gasteiger partial charge is 0.325 e.